The molecule has 0 fully saturated rings. The minimum Gasteiger partial charge on any atom is -0.279 e. The number of nitrogens with one attached hydrogen (secondary N) is 1. The molecule has 7 heteroatoms. The third kappa shape index (κ3) is 4.33. The van der Waals surface area contributed by atoms with Crippen LogP contribution in [-0.4, -0.2) is 13.4 Å². The molecule has 0 bridgehead atoms. The first-order valence-corrected chi connectivity index (χ1v) is 8.25. The van der Waals surface area contributed by atoms with Crippen LogP contribution in [0.25, 0.3) is 6.08 Å². The average Bonchev–Trinajstić information content (AvgIpc) is 2.42. The molecule has 0 aliphatic rings. The van der Waals surface area contributed by atoms with Crippen LogP contribution in [0.15, 0.2) is 52.5 Å². The lowest BCUT2D eigenvalue weighted by atomic mass is 10.2. The van der Waals surface area contributed by atoms with E-state index in [0.29, 0.717) is 10.2 Å². The SMILES string of the molecule is O=S(=O)(/C=C/c1ccccc1)Nc1cnc(Cl)c(Br)c1. The second-order valence-electron chi connectivity index (χ2n) is 3.86. The van der Waals surface area contributed by atoms with Crippen LogP contribution in [0.3, 0.4) is 0 Å². The Morgan fingerprint density at radius 3 is 2.60 bits per heavy atom. The zero-order valence-corrected chi connectivity index (χ0v) is 13.3. The fraction of sp³-hybridized carbons (Fsp3) is 0. The van der Waals surface area contributed by atoms with E-state index in [1.807, 2.05) is 30.3 Å². The quantitative estimate of drug-likeness (QED) is 0.827. The zero-order valence-electron chi connectivity index (χ0n) is 10.1. The van der Waals surface area contributed by atoms with Gasteiger partial charge >= 0.3 is 0 Å². The van der Waals surface area contributed by atoms with Gasteiger partial charge in [-0.2, -0.15) is 0 Å². The van der Waals surface area contributed by atoms with E-state index < -0.39 is 10.0 Å². The predicted molar refractivity (Wildman–Crippen MR) is 85.0 cm³/mol. The van der Waals surface area contributed by atoms with Crippen molar-refractivity contribution < 1.29 is 8.42 Å². The van der Waals surface area contributed by atoms with Crippen molar-refractivity contribution in [2.24, 2.45) is 0 Å². The predicted octanol–water partition coefficient (Wildman–Crippen LogP) is 3.91. The normalized spacial score (nSPS) is 11.7. The van der Waals surface area contributed by atoms with E-state index in [0.717, 1.165) is 11.0 Å². The highest BCUT2D eigenvalue weighted by atomic mass is 79.9. The first-order chi connectivity index (χ1) is 9.46. The Balaban J connectivity index is 2.15. The van der Waals surface area contributed by atoms with E-state index in [9.17, 15) is 8.42 Å². The highest BCUT2D eigenvalue weighted by Crippen LogP contribution is 2.23. The number of nitrogens with zero attached hydrogens (tertiary/aromatic N) is 1. The second-order valence-corrected chi connectivity index (χ2v) is 6.64. The number of benzene rings is 1. The van der Waals surface area contributed by atoms with Gasteiger partial charge in [-0.25, -0.2) is 13.4 Å². The molecule has 0 amide bonds. The number of halogens is 2. The lowest BCUT2D eigenvalue weighted by Crippen LogP contribution is -2.09. The Morgan fingerprint density at radius 2 is 1.95 bits per heavy atom. The smallest absolute Gasteiger partial charge is 0.255 e. The molecule has 0 radical (unpaired) electrons. The topological polar surface area (TPSA) is 59.1 Å². The zero-order chi connectivity index (χ0) is 14.6. The number of pyridine rings is 1. The lowest BCUT2D eigenvalue weighted by molar-refractivity contribution is 0.609. The summed E-state index contributed by atoms with van der Waals surface area (Å²) in [5.41, 5.74) is 1.13. The average molecular weight is 374 g/mol. The number of sulfonamides is 1. The Labute approximate surface area is 130 Å². The van der Waals surface area contributed by atoms with Gasteiger partial charge in [-0.15, -0.1) is 0 Å². The van der Waals surface area contributed by atoms with Crippen molar-refractivity contribution in [3.8, 4) is 0 Å². The number of anilines is 1. The van der Waals surface area contributed by atoms with Gasteiger partial charge in [0.1, 0.15) is 5.15 Å². The summed E-state index contributed by atoms with van der Waals surface area (Å²) in [7, 11) is -3.60. The molecule has 0 saturated heterocycles. The molecule has 1 heterocycles. The molecule has 0 spiro atoms. The van der Waals surface area contributed by atoms with Crippen molar-refractivity contribution in [3.05, 3.63) is 63.2 Å². The van der Waals surface area contributed by atoms with Crippen molar-refractivity contribution >= 4 is 49.3 Å². The maximum Gasteiger partial charge on any atom is 0.255 e. The van der Waals surface area contributed by atoms with Crippen LogP contribution in [0.5, 0.6) is 0 Å². The molecular weight excluding hydrogens is 364 g/mol. The van der Waals surface area contributed by atoms with Gasteiger partial charge in [0.2, 0.25) is 0 Å². The molecule has 2 aromatic rings. The molecule has 0 saturated carbocycles. The summed E-state index contributed by atoms with van der Waals surface area (Å²) in [6.45, 7) is 0. The first-order valence-electron chi connectivity index (χ1n) is 5.53. The summed E-state index contributed by atoms with van der Waals surface area (Å²) in [4.78, 5) is 3.85. The molecule has 4 nitrogen and oxygen atoms in total. The summed E-state index contributed by atoms with van der Waals surface area (Å²) < 4.78 is 26.7. The van der Waals surface area contributed by atoms with Gasteiger partial charge < -0.3 is 0 Å². The molecular formula is C13H10BrClN2O2S. The second kappa shape index (κ2) is 6.39. The summed E-state index contributed by atoms with van der Waals surface area (Å²) in [5.74, 6) is 0. The van der Waals surface area contributed by atoms with Crippen molar-refractivity contribution in [3.63, 3.8) is 0 Å². The molecule has 1 aromatic heterocycles. The van der Waals surface area contributed by atoms with Crippen LogP contribution in [0, 0.1) is 0 Å². The summed E-state index contributed by atoms with van der Waals surface area (Å²) in [6.07, 6.45) is 2.86. The molecule has 0 atom stereocenters. The lowest BCUT2D eigenvalue weighted by Gasteiger charge is -2.05. The summed E-state index contributed by atoms with van der Waals surface area (Å²) in [5, 5.41) is 1.37. The van der Waals surface area contributed by atoms with E-state index in [1.54, 1.807) is 6.07 Å². The van der Waals surface area contributed by atoms with Gasteiger partial charge in [-0.3, -0.25) is 4.72 Å². The Kier molecular flexibility index (Phi) is 4.80. The molecule has 1 N–H and O–H groups in total. The van der Waals surface area contributed by atoms with Gasteiger partial charge in [0.25, 0.3) is 10.0 Å². The molecule has 104 valence electrons. The summed E-state index contributed by atoms with van der Waals surface area (Å²) >= 11 is 8.93. The van der Waals surface area contributed by atoms with E-state index >= 15 is 0 Å². The van der Waals surface area contributed by atoms with Gasteiger partial charge in [-0.05, 0) is 33.6 Å². The molecule has 1 aromatic carbocycles. The van der Waals surface area contributed by atoms with Crippen LogP contribution in [0.1, 0.15) is 5.56 Å². The van der Waals surface area contributed by atoms with Gasteiger partial charge in [0.05, 0.1) is 21.8 Å². The molecule has 0 aliphatic heterocycles. The maximum absolute atomic E-state index is 11.9. The van der Waals surface area contributed by atoms with E-state index in [2.05, 4.69) is 25.6 Å². The fourth-order valence-electron chi connectivity index (χ4n) is 1.41. The summed E-state index contributed by atoms with van der Waals surface area (Å²) in [6, 6.07) is 10.7. The van der Waals surface area contributed by atoms with Crippen molar-refractivity contribution in [1.29, 1.82) is 0 Å². The van der Waals surface area contributed by atoms with Crippen LogP contribution >= 0.6 is 27.5 Å². The molecule has 2 rings (SSSR count). The van der Waals surface area contributed by atoms with Crippen molar-refractivity contribution in [2.45, 2.75) is 0 Å². The minimum absolute atomic E-state index is 0.271. The van der Waals surface area contributed by atoms with E-state index in [1.165, 1.54) is 12.3 Å². The highest BCUT2D eigenvalue weighted by molar-refractivity contribution is 9.10. The number of hydrogen-bond acceptors (Lipinski definition) is 3. The monoisotopic (exact) mass is 372 g/mol. The Hall–Kier alpha value is -1.37. The van der Waals surface area contributed by atoms with Crippen molar-refractivity contribution in [1.82, 2.24) is 4.98 Å². The van der Waals surface area contributed by atoms with Gasteiger partial charge in [-0.1, -0.05) is 41.9 Å². The highest BCUT2D eigenvalue weighted by Gasteiger charge is 2.07. The third-order valence-corrected chi connectivity index (χ3v) is 4.44. The van der Waals surface area contributed by atoms with Gasteiger partial charge in [0, 0.05) is 0 Å². The number of hydrogen-bond donors (Lipinski definition) is 1. The molecule has 0 aliphatic carbocycles. The Morgan fingerprint density at radius 1 is 1.25 bits per heavy atom. The molecule has 0 unspecified atom stereocenters. The molecule has 20 heavy (non-hydrogen) atoms. The minimum atomic E-state index is -3.60. The first kappa shape index (κ1) is 15.0. The largest absolute Gasteiger partial charge is 0.279 e. The van der Waals surface area contributed by atoms with Crippen LogP contribution in [0.4, 0.5) is 5.69 Å². The maximum atomic E-state index is 11.9. The number of rotatable bonds is 4. The fourth-order valence-corrected chi connectivity index (χ4v) is 2.70. The van der Waals surface area contributed by atoms with Crippen LogP contribution in [0.2, 0.25) is 5.15 Å². The van der Waals surface area contributed by atoms with Crippen molar-refractivity contribution in [2.75, 3.05) is 4.72 Å². The van der Waals surface area contributed by atoms with Crippen LogP contribution < -0.4 is 4.72 Å². The van der Waals surface area contributed by atoms with Crippen LogP contribution in [-0.2, 0) is 10.0 Å². The van der Waals surface area contributed by atoms with Gasteiger partial charge in [0.15, 0.2) is 0 Å². The van der Waals surface area contributed by atoms with E-state index in [4.69, 9.17) is 11.6 Å². The number of aromatic nitrogens is 1. The standard InChI is InChI=1S/C13H10BrClN2O2S/c14-12-8-11(9-16-13(12)15)17-20(18,19)7-6-10-4-2-1-3-5-10/h1-9,17H/b7-6+. The van der Waals surface area contributed by atoms with E-state index in [-0.39, 0.29) is 5.15 Å². The third-order valence-electron chi connectivity index (χ3n) is 2.30. The Bertz CT molecular complexity index is 733.